The fourth-order valence-corrected chi connectivity index (χ4v) is 0.997. The first-order chi connectivity index (χ1) is 8.15. The van der Waals surface area contributed by atoms with Crippen LogP contribution < -0.4 is 10.3 Å². The molecule has 0 saturated carbocycles. The van der Waals surface area contributed by atoms with Crippen molar-refractivity contribution in [2.75, 3.05) is 6.61 Å². The molecule has 86 valence electrons. The van der Waals surface area contributed by atoms with Gasteiger partial charge in [-0.25, -0.2) is 4.79 Å². The summed E-state index contributed by atoms with van der Waals surface area (Å²) in [5.74, 6) is -0.798. The van der Waals surface area contributed by atoms with E-state index in [4.69, 9.17) is 16.1 Å². The lowest BCUT2D eigenvalue weighted by atomic mass is 10.2. The van der Waals surface area contributed by atoms with Gasteiger partial charge in [0.1, 0.15) is 5.56 Å². The number of nitrogens with one attached hydrogen (secondary N) is 1. The van der Waals surface area contributed by atoms with Crippen molar-refractivity contribution < 1.29 is 20.8 Å². The first-order valence-corrected chi connectivity index (χ1v) is 4.51. The third kappa shape index (κ3) is 3.20. The van der Waals surface area contributed by atoms with E-state index in [0.717, 1.165) is 0 Å². The van der Waals surface area contributed by atoms with Gasteiger partial charge in [0.25, 0.3) is 0 Å². The van der Waals surface area contributed by atoms with Crippen LogP contribution in [-0.4, -0.2) is 17.7 Å². The Hall–Kier alpha value is -2.17. The molecule has 2 N–H and O–H groups in total. The number of carbonyl (C=O) groups is 1. The number of hydrogen-bond acceptors (Lipinski definition) is 4. The minimum absolute atomic E-state index is 0.0355. The molecule has 0 aromatic heterocycles. The van der Waals surface area contributed by atoms with Crippen LogP contribution in [0.3, 0.4) is 0 Å². The maximum Gasteiger partial charge on any atom is 0.339 e. The fraction of sp³-hybridized carbons (Fsp3) is 0.182. The van der Waals surface area contributed by atoms with Crippen molar-refractivity contribution in [2.45, 2.75) is 6.90 Å². The summed E-state index contributed by atoms with van der Waals surface area (Å²) < 4.78 is 11.8. The SMILES string of the molecule is [2H]CCOC(=C)NOc1ccccc1C(=O)O. The Labute approximate surface area is 94.7 Å². The van der Waals surface area contributed by atoms with Crippen LogP contribution in [0.15, 0.2) is 36.7 Å². The van der Waals surface area contributed by atoms with Crippen molar-refractivity contribution in [1.29, 1.82) is 0 Å². The second kappa shape index (κ2) is 5.65. The van der Waals surface area contributed by atoms with E-state index in [2.05, 4.69) is 12.1 Å². The van der Waals surface area contributed by atoms with E-state index in [1.165, 1.54) is 12.1 Å². The first kappa shape index (κ1) is 10.4. The normalized spacial score (nSPS) is 10.1. The van der Waals surface area contributed by atoms with Crippen molar-refractivity contribution in [2.24, 2.45) is 0 Å². The van der Waals surface area contributed by atoms with Crippen molar-refractivity contribution in [3.63, 3.8) is 0 Å². The highest BCUT2D eigenvalue weighted by atomic mass is 16.7. The molecule has 0 aliphatic rings. The summed E-state index contributed by atoms with van der Waals surface area (Å²) in [6.45, 7) is 3.79. The number of rotatable bonds is 6. The Morgan fingerprint density at radius 1 is 1.62 bits per heavy atom. The lowest BCUT2D eigenvalue weighted by molar-refractivity contribution is 0.0681. The van der Waals surface area contributed by atoms with Gasteiger partial charge in [0, 0.05) is 1.37 Å². The van der Waals surface area contributed by atoms with Crippen LogP contribution in [0.1, 0.15) is 18.6 Å². The number of carboxylic acid groups (broad SMARTS) is 1. The molecule has 5 nitrogen and oxygen atoms in total. The molecule has 0 unspecified atom stereocenters. The predicted molar refractivity (Wildman–Crippen MR) is 57.9 cm³/mol. The summed E-state index contributed by atoms with van der Waals surface area (Å²) in [4.78, 5) is 15.9. The zero-order valence-electron chi connectivity index (χ0n) is 9.60. The third-order valence-corrected chi connectivity index (χ3v) is 1.67. The fourth-order valence-electron chi connectivity index (χ4n) is 0.997. The average molecular weight is 224 g/mol. The second-order valence-electron chi connectivity index (χ2n) is 2.78. The highest BCUT2D eigenvalue weighted by molar-refractivity contribution is 5.90. The molecule has 0 saturated heterocycles. The molecule has 0 fully saturated rings. The van der Waals surface area contributed by atoms with Gasteiger partial charge in [0.2, 0.25) is 5.88 Å². The van der Waals surface area contributed by atoms with Gasteiger partial charge in [-0.1, -0.05) is 12.1 Å². The average Bonchev–Trinajstić information content (AvgIpc) is 2.34. The standard InChI is InChI=1S/C11H13NO4/c1-3-15-8(2)12-16-10-7-5-4-6-9(10)11(13)14/h4-7,12H,2-3H2,1H3,(H,13,14)/i1D. The highest BCUT2D eigenvalue weighted by Crippen LogP contribution is 2.16. The summed E-state index contributed by atoms with van der Waals surface area (Å²) in [5, 5.41) is 8.89. The van der Waals surface area contributed by atoms with Crippen LogP contribution in [0.25, 0.3) is 0 Å². The Kier molecular flexibility index (Phi) is 3.65. The van der Waals surface area contributed by atoms with Gasteiger partial charge in [-0.15, -0.1) is 0 Å². The molecule has 0 amide bonds. The van der Waals surface area contributed by atoms with E-state index in [9.17, 15) is 4.79 Å². The van der Waals surface area contributed by atoms with E-state index in [1.807, 2.05) is 0 Å². The van der Waals surface area contributed by atoms with Crippen molar-refractivity contribution >= 4 is 5.97 Å². The Morgan fingerprint density at radius 2 is 2.38 bits per heavy atom. The van der Waals surface area contributed by atoms with E-state index in [1.54, 1.807) is 12.1 Å². The lowest BCUT2D eigenvalue weighted by Crippen LogP contribution is -2.20. The van der Waals surface area contributed by atoms with Crippen LogP contribution in [0.4, 0.5) is 0 Å². The van der Waals surface area contributed by atoms with Gasteiger partial charge in [0.15, 0.2) is 5.75 Å². The molecule has 0 atom stereocenters. The minimum atomic E-state index is -1.08. The van der Waals surface area contributed by atoms with E-state index >= 15 is 0 Å². The van der Waals surface area contributed by atoms with Gasteiger partial charge in [-0.05, 0) is 25.6 Å². The lowest BCUT2D eigenvalue weighted by Gasteiger charge is -2.11. The molecule has 0 heterocycles. The summed E-state index contributed by atoms with van der Waals surface area (Å²) in [6.07, 6.45) is 0. The van der Waals surface area contributed by atoms with Gasteiger partial charge in [0.05, 0.1) is 6.61 Å². The Morgan fingerprint density at radius 3 is 3.06 bits per heavy atom. The second-order valence-corrected chi connectivity index (χ2v) is 2.78. The van der Waals surface area contributed by atoms with E-state index in [-0.39, 0.29) is 30.7 Å². The van der Waals surface area contributed by atoms with Crippen LogP contribution in [0.2, 0.25) is 0 Å². The van der Waals surface area contributed by atoms with Crippen molar-refractivity contribution in [1.82, 2.24) is 5.48 Å². The Bertz CT molecular complexity index is 408. The third-order valence-electron chi connectivity index (χ3n) is 1.67. The van der Waals surface area contributed by atoms with Crippen LogP contribution in [-0.2, 0) is 4.74 Å². The smallest absolute Gasteiger partial charge is 0.339 e. The quantitative estimate of drug-likeness (QED) is 0.569. The maximum absolute atomic E-state index is 10.9. The number of hydroxylamine groups is 1. The number of aromatic carboxylic acids is 1. The topological polar surface area (TPSA) is 67.8 Å². The van der Waals surface area contributed by atoms with Gasteiger partial charge < -0.3 is 14.7 Å². The summed E-state index contributed by atoms with van der Waals surface area (Å²) in [6, 6.07) is 6.18. The summed E-state index contributed by atoms with van der Waals surface area (Å²) in [7, 11) is 0. The summed E-state index contributed by atoms with van der Waals surface area (Å²) >= 11 is 0. The molecule has 1 aromatic carbocycles. The molecular formula is C11H13NO4. The Balaban J connectivity index is 2.57. The zero-order chi connectivity index (χ0) is 12.7. The number of ether oxygens (including phenoxy) is 1. The van der Waals surface area contributed by atoms with Gasteiger partial charge in [-0.3, -0.25) is 0 Å². The van der Waals surface area contributed by atoms with Crippen LogP contribution in [0.5, 0.6) is 5.75 Å². The minimum Gasteiger partial charge on any atom is -0.478 e. The number of benzene rings is 1. The largest absolute Gasteiger partial charge is 0.478 e. The summed E-state index contributed by atoms with van der Waals surface area (Å²) in [5.41, 5.74) is 2.40. The molecule has 5 heteroatoms. The van der Waals surface area contributed by atoms with Crippen molar-refractivity contribution in [3.8, 4) is 5.75 Å². The monoisotopic (exact) mass is 224 g/mol. The van der Waals surface area contributed by atoms with Gasteiger partial charge in [-0.2, -0.15) is 5.48 Å². The predicted octanol–water partition coefficient (Wildman–Crippen LogP) is 1.78. The molecule has 1 rings (SSSR count). The molecule has 0 aliphatic carbocycles. The number of hydrogen-bond donors (Lipinski definition) is 2. The molecule has 0 bridgehead atoms. The zero-order valence-corrected chi connectivity index (χ0v) is 8.60. The highest BCUT2D eigenvalue weighted by Gasteiger charge is 2.10. The molecule has 1 aromatic rings. The number of carboxylic acids is 1. The molecule has 16 heavy (non-hydrogen) atoms. The molecule has 0 aliphatic heterocycles. The molecule has 0 radical (unpaired) electrons. The van der Waals surface area contributed by atoms with Crippen molar-refractivity contribution in [3.05, 3.63) is 42.3 Å². The number of para-hydroxylation sites is 1. The van der Waals surface area contributed by atoms with Gasteiger partial charge >= 0.3 is 5.97 Å². The van der Waals surface area contributed by atoms with Crippen LogP contribution in [0, 0.1) is 0 Å². The first-order valence-electron chi connectivity index (χ1n) is 5.22. The van der Waals surface area contributed by atoms with E-state index < -0.39 is 5.97 Å². The maximum atomic E-state index is 10.9. The molecular weight excluding hydrogens is 210 g/mol. The van der Waals surface area contributed by atoms with E-state index in [0.29, 0.717) is 0 Å². The van der Waals surface area contributed by atoms with Crippen LogP contribution >= 0.6 is 0 Å². The molecule has 0 spiro atoms.